The third kappa shape index (κ3) is 8.23. The van der Waals surface area contributed by atoms with Crippen molar-refractivity contribution < 1.29 is 74.2 Å². The first kappa shape index (κ1) is 24.6. The molecule has 2 rings (SSSR count). The van der Waals surface area contributed by atoms with E-state index in [1.165, 1.54) is 38.2 Å². The maximum atomic E-state index is 11.8. The quantitative estimate of drug-likeness (QED) is 0.362. The van der Waals surface area contributed by atoms with Gasteiger partial charge in [0, 0.05) is 0 Å². The van der Waals surface area contributed by atoms with Crippen molar-refractivity contribution in [2.75, 3.05) is 0 Å². The summed E-state index contributed by atoms with van der Waals surface area (Å²) < 4.78 is 37.0. The van der Waals surface area contributed by atoms with E-state index in [4.69, 9.17) is 9.29 Å². The van der Waals surface area contributed by atoms with E-state index in [2.05, 4.69) is 6.92 Å². The molecule has 0 aliphatic heterocycles. The number of rotatable bonds is 10. The molecular formula is C20H25KO5S. The fourth-order valence-corrected chi connectivity index (χ4v) is 3.35. The summed E-state index contributed by atoms with van der Waals surface area (Å²) >= 11 is 0. The second kappa shape index (κ2) is 12.2. The third-order valence-electron chi connectivity index (χ3n) is 4.19. The van der Waals surface area contributed by atoms with Crippen molar-refractivity contribution in [3.8, 4) is 17.2 Å². The molecule has 0 bridgehead atoms. The number of para-hydroxylation sites is 1. The van der Waals surface area contributed by atoms with E-state index < -0.39 is 20.8 Å². The van der Waals surface area contributed by atoms with Gasteiger partial charge in [-0.25, -0.2) is 0 Å². The van der Waals surface area contributed by atoms with Crippen molar-refractivity contribution in [2.24, 2.45) is 0 Å². The van der Waals surface area contributed by atoms with Gasteiger partial charge in [-0.15, -0.1) is 0 Å². The van der Waals surface area contributed by atoms with Crippen LogP contribution in [0.1, 0.15) is 51.0 Å². The molecule has 27 heavy (non-hydrogen) atoms. The van der Waals surface area contributed by atoms with E-state index in [9.17, 15) is 13.5 Å². The zero-order valence-electron chi connectivity index (χ0n) is 16.0. The molecule has 142 valence electrons. The molecule has 0 aromatic heterocycles. The number of ether oxygens (including phenoxy) is 1. The molecule has 2 aromatic carbocycles. The molecule has 7 heteroatoms. The number of aryl methyl sites for hydroxylation is 1. The molecule has 0 saturated carbocycles. The van der Waals surface area contributed by atoms with E-state index in [-0.39, 0.29) is 57.1 Å². The standard InChI is InChI=1S/C20H26O5S.K/c1-2-3-4-5-6-7-10-16-11-8-9-12-19(16)25-17-13-14-20(18(21)15-17)26(22,23)24;/h8-9,11-15,21H,2-7,10H2,1H3,(H,22,23,24);/q;+1/p-1. The van der Waals surface area contributed by atoms with Crippen molar-refractivity contribution in [1.82, 2.24) is 0 Å². The summed E-state index contributed by atoms with van der Waals surface area (Å²) in [5.41, 5.74) is 1.05. The Kier molecular flexibility index (Phi) is 11.1. The Hall–Kier alpha value is -0.414. The second-order valence-corrected chi connectivity index (χ2v) is 7.70. The molecule has 0 radical (unpaired) electrons. The predicted octanol–water partition coefficient (Wildman–Crippen LogP) is 1.71. The van der Waals surface area contributed by atoms with Gasteiger partial charge in [-0.2, -0.15) is 8.42 Å². The van der Waals surface area contributed by atoms with Gasteiger partial charge < -0.3 is 9.84 Å². The smallest absolute Gasteiger partial charge is 0.871 e. The zero-order valence-corrected chi connectivity index (χ0v) is 19.9. The average molecular weight is 417 g/mol. The van der Waals surface area contributed by atoms with Crippen LogP contribution in [0.5, 0.6) is 17.2 Å². The molecule has 0 aliphatic carbocycles. The van der Waals surface area contributed by atoms with Crippen LogP contribution in [-0.4, -0.2) is 13.0 Å². The third-order valence-corrected chi connectivity index (χ3v) is 5.09. The Labute approximate surface area is 204 Å². The van der Waals surface area contributed by atoms with Gasteiger partial charge in [-0.1, -0.05) is 63.0 Å². The van der Waals surface area contributed by atoms with Crippen LogP contribution in [-0.2, 0) is 16.5 Å². The van der Waals surface area contributed by atoms with Gasteiger partial charge in [0.05, 0.1) is 4.90 Å². The van der Waals surface area contributed by atoms with Crippen molar-refractivity contribution in [3.63, 3.8) is 0 Å². The molecule has 2 aromatic rings. The van der Waals surface area contributed by atoms with Crippen LogP contribution in [0.15, 0.2) is 47.4 Å². The Morgan fingerprint density at radius 1 is 1.00 bits per heavy atom. The van der Waals surface area contributed by atoms with Crippen LogP contribution in [0.4, 0.5) is 0 Å². The van der Waals surface area contributed by atoms with Crippen molar-refractivity contribution in [2.45, 2.75) is 56.8 Å². The zero-order chi connectivity index (χ0) is 19.0. The van der Waals surface area contributed by atoms with Crippen LogP contribution >= 0.6 is 0 Å². The molecule has 0 atom stereocenters. The van der Waals surface area contributed by atoms with Crippen LogP contribution in [0.3, 0.4) is 0 Å². The fourth-order valence-electron chi connectivity index (χ4n) is 2.80. The summed E-state index contributed by atoms with van der Waals surface area (Å²) in [7, 11) is -4.52. The molecular weight excluding hydrogens is 391 g/mol. The average Bonchev–Trinajstić information content (AvgIpc) is 2.58. The SMILES string of the molecule is CCCCCCCCc1ccccc1Oc1ccc(S(=O)(=O)O)c([O-])c1.[K+]. The van der Waals surface area contributed by atoms with Crippen LogP contribution < -0.4 is 61.2 Å². The summed E-state index contributed by atoms with van der Waals surface area (Å²) in [6, 6.07) is 11.1. The first-order valence-electron chi connectivity index (χ1n) is 8.96. The van der Waals surface area contributed by atoms with E-state index >= 15 is 0 Å². The topological polar surface area (TPSA) is 86.7 Å². The summed E-state index contributed by atoms with van der Waals surface area (Å²) in [4.78, 5) is -0.648. The fraction of sp³-hybridized carbons (Fsp3) is 0.400. The largest absolute Gasteiger partial charge is 1.00 e. The van der Waals surface area contributed by atoms with Gasteiger partial charge in [0.2, 0.25) is 0 Å². The molecule has 0 spiro atoms. The summed E-state index contributed by atoms with van der Waals surface area (Å²) in [6.45, 7) is 2.20. The van der Waals surface area contributed by atoms with E-state index in [0.29, 0.717) is 5.75 Å². The molecule has 0 heterocycles. The first-order valence-corrected chi connectivity index (χ1v) is 10.4. The minimum absolute atomic E-state index is 0. The van der Waals surface area contributed by atoms with Gasteiger partial charge in [0.25, 0.3) is 10.1 Å². The molecule has 5 nitrogen and oxygen atoms in total. The number of benzene rings is 2. The molecule has 0 saturated heterocycles. The van der Waals surface area contributed by atoms with Crippen molar-refractivity contribution in [1.29, 1.82) is 0 Å². The Morgan fingerprint density at radius 3 is 2.33 bits per heavy atom. The minimum Gasteiger partial charge on any atom is -0.871 e. The summed E-state index contributed by atoms with van der Waals surface area (Å²) in [5.74, 6) is 0.108. The Bertz CT molecular complexity index is 821. The maximum absolute atomic E-state index is 11.8. The van der Waals surface area contributed by atoms with E-state index in [0.717, 1.165) is 30.5 Å². The van der Waals surface area contributed by atoms with Crippen molar-refractivity contribution >= 4 is 10.1 Å². The summed E-state index contributed by atoms with van der Waals surface area (Å²) in [6.07, 6.45) is 8.12. The van der Waals surface area contributed by atoms with Gasteiger partial charge in [0.15, 0.2) is 0 Å². The van der Waals surface area contributed by atoms with Crippen molar-refractivity contribution in [3.05, 3.63) is 48.0 Å². The molecule has 0 amide bonds. The Balaban J connectivity index is 0.00000364. The Morgan fingerprint density at radius 2 is 1.67 bits per heavy atom. The van der Waals surface area contributed by atoms with Gasteiger partial charge in [-0.05, 0) is 42.7 Å². The number of hydrogen-bond acceptors (Lipinski definition) is 4. The van der Waals surface area contributed by atoms with E-state index in [1.807, 2.05) is 24.3 Å². The van der Waals surface area contributed by atoms with Crippen LogP contribution in [0, 0.1) is 0 Å². The normalized spacial score (nSPS) is 11.0. The molecule has 0 unspecified atom stereocenters. The number of unbranched alkanes of at least 4 members (excludes halogenated alkanes) is 5. The second-order valence-electron chi connectivity index (χ2n) is 6.31. The monoisotopic (exact) mass is 416 g/mol. The van der Waals surface area contributed by atoms with Gasteiger partial charge in [0.1, 0.15) is 11.5 Å². The van der Waals surface area contributed by atoms with Gasteiger partial charge in [-0.3, -0.25) is 4.55 Å². The van der Waals surface area contributed by atoms with Crippen LogP contribution in [0.25, 0.3) is 0 Å². The molecule has 0 aliphatic rings. The molecule has 1 N–H and O–H groups in total. The first-order chi connectivity index (χ1) is 12.4. The molecule has 0 fully saturated rings. The predicted molar refractivity (Wildman–Crippen MR) is 99.3 cm³/mol. The maximum Gasteiger partial charge on any atom is 1.00 e. The van der Waals surface area contributed by atoms with Gasteiger partial charge >= 0.3 is 51.4 Å². The number of hydrogen-bond donors (Lipinski definition) is 1. The summed E-state index contributed by atoms with van der Waals surface area (Å²) in [5, 5.41) is 11.8. The van der Waals surface area contributed by atoms with E-state index in [1.54, 1.807) is 0 Å². The van der Waals surface area contributed by atoms with Crippen LogP contribution in [0.2, 0.25) is 0 Å². The minimum atomic E-state index is -4.52.